The van der Waals surface area contributed by atoms with Gasteiger partial charge < -0.3 is 9.47 Å². The van der Waals surface area contributed by atoms with Gasteiger partial charge in [-0.2, -0.15) is 16.8 Å². The maximum absolute atomic E-state index is 13.5. The molecule has 0 heterocycles. The fraction of sp³-hybridized carbons (Fsp3) is 0.0769. The van der Waals surface area contributed by atoms with Gasteiger partial charge in [0.15, 0.2) is 0 Å². The van der Waals surface area contributed by atoms with Crippen molar-refractivity contribution in [3.8, 4) is 28.4 Å². The highest BCUT2D eigenvalue weighted by molar-refractivity contribution is 7.91. The molecule has 4 rings (SSSR count). The van der Waals surface area contributed by atoms with Gasteiger partial charge in [0, 0.05) is 5.56 Å². The number of hydrogen-bond donors (Lipinski definition) is 2. The van der Waals surface area contributed by atoms with Gasteiger partial charge in [-0.05, 0) is 73.2 Å². The van der Waals surface area contributed by atoms with E-state index >= 15 is 0 Å². The van der Waals surface area contributed by atoms with Crippen LogP contribution in [0.1, 0.15) is 5.56 Å². The third kappa shape index (κ3) is 6.00. The zero-order valence-electron chi connectivity index (χ0n) is 20.8. The number of hydrogen-bond acceptors (Lipinski definition) is 8. The quantitative estimate of drug-likeness (QED) is 0.262. The number of ether oxygens (including phenoxy) is 2. The molecule has 0 aliphatic carbocycles. The Morgan fingerprint density at radius 1 is 0.650 bits per heavy atom. The van der Waals surface area contributed by atoms with Crippen LogP contribution in [0.4, 0.5) is 4.39 Å². The molecule has 2 N–H and O–H groups in total. The number of aryl methyl sites for hydroxylation is 1. The SMILES string of the molecule is COc1ccc(S(=O)(=O)c2ccc(Oc3ccc(C)cc3-c3ccc(F)cc3)c(S(=O)(=O)O)c2)cc1S(=O)(=O)O. The van der Waals surface area contributed by atoms with Gasteiger partial charge in [0.2, 0.25) is 9.84 Å². The zero-order chi connectivity index (χ0) is 29.5. The number of benzene rings is 4. The smallest absolute Gasteiger partial charge is 0.298 e. The molecule has 0 aliphatic heterocycles. The van der Waals surface area contributed by atoms with Crippen LogP contribution in [0.15, 0.2) is 98.4 Å². The zero-order valence-corrected chi connectivity index (χ0v) is 23.2. The lowest BCUT2D eigenvalue weighted by Crippen LogP contribution is -2.08. The lowest BCUT2D eigenvalue weighted by atomic mass is 10.0. The van der Waals surface area contributed by atoms with E-state index in [1.807, 2.05) is 0 Å². The van der Waals surface area contributed by atoms with Crippen LogP contribution in [0, 0.1) is 12.7 Å². The molecule has 0 aliphatic rings. The van der Waals surface area contributed by atoms with E-state index in [1.54, 1.807) is 19.1 Å². The summed E-state index contributed by atoms with van der Waals surface area (Å²) in [6.07, 6.45) is 0. The van der Waals surface area contributed by atoms with Crippen molar-refractivity contribution < 1.29 is 48.2 Å². The van der Waals surface area contributed by atoms with Gasteiger partial charge in [0.05, 0.1) is 16.9 Å². The van der Waals surface area contributed by atoms with Gasteiger partial charge in [-0.3, -0.25) is 9.11 Å². The first kappa shape index (κ1) is 29.2. The van der Waals surface area contributed by atoms with Crippen molar-refractivity contribution in [2.24, 2.45) is 0 Å². The van der Waals surface area contributed by atoms with Crippen LogP contribution in [0.2, 0.25) is 0 Å². The summed E-state index contributed by atoms with van der Waals surface area (Å²) < 4.78 is 118. The highest BCUT2D eigenvalue weighted by Gasteiger charge is 2.27. The predicted octanol–water partition coefficient (Wildman–Crippen LogP) is 4.93. The molecule has 4 aromatic carbocycles. The van der Waals surface area contributed by atoms with Crippen molar-refractivity contribution in [3.63, 3.8) is 0 Å². The Hall–Kier alpha value is -3.82. The van der Waals surface area contributed by atoms with E-state index in [4.69, 9.17) is 9.47 Å². The Morgan fingerprint density at radius 3 is 1.68 bits per heavy atom. The first-order valence-electron chi connectivity index (χ1n) is 11.2. The molecular weight excluding hydrogens is 587 g/mol. The van der Waals surface area contributed by atoms with E-state index in [-0.39, 0.29) is 11.5 Å². The minimum atomic E-state index is -5.05. The molecule has 0 atom stereocenters. The van der Waals surface area contributed by atoms with Crippen molar-refractivity contribution in [2.75, 3.05) is 7.11 Å². The molecule has 0 fully saturated rings. The molecule has 40 heavy (non-hydrogen) atoms. The van der Waals surface area contributed by atoms with Crippen molar-refractivity contribution in [1.82, 2.24) is 0 Å². The average molecular weight is 609 g/mol. The Morgan fingerprint density at radius 2 is 1.15 bits per heavy atom. The van der Waals surface area contributed by atoms with Crippen molar-refractivity contribution >= 4 is 30.1 Å². The van der Waals surface area contributed by atoms with Gasteiger partial charge in [-0.25, -0.2) is 12.8 Å². The fourth-order valence-electron chi connectivity index (χ4n) is 3.81. The Balaban J connectivity index is 1.83. The van der Waals surface area contributed by atoms with E-state index in [9.17, 15) is 38.7 Å². The Bertz CT molecular complexity index is 1940. The number of methoxy groups -OCH3 is 1. The summed E-state index contributed by atoms with van der Waals surface area (Å²) in [7, 11) is -13.4. The van der Waals surface area contributed by atoms with E-state index in [2.05, 4.69) is 0 Å². The third-order valence-electron chi connectivity index (χ3n) is 5.74. The highest BCUT2D eigenvalue weighted by Crippen LogP contribution is 2.38. The van der Waals surface area contributed by atoms with Gasteiger partial charge in [-0.1, -0.05) is 23.8 Å². The van der Waals surface area contributed by atoms with Gasteiger partial charge >= 0.3 is 0 Å². The summed E-state index contributed by atoms with van der Waals surface area (Å²) in [5.41, 5.74) is 1.82. The molecule has 0 saturated carbocycles. The average Bonchev–Trinajstić information content (AvgIpc) is 2.88. The summed E-state index contributed by atoms with van der Waals surface area (Å²) in [5, 5.41) is 0. The minimum absolute atomic E-state index is 0.130. The molecule has 0 bridgehead atoms. The Labute approximate surface area is 230 Å². The fourth-order valence-corrected chi connectivity index (χ4v) is 6.59. The van der Waals surface area contributed by atoms with E-state index in [0.717, 1.165) is 36.9 Å². The lowest BCUT2D eigenvalue weighted by Gasteiger charge is -2.15. The highest BCUT2D eigenvalue weighted by atomic mass is 32.2. The van der Waals surface area contributed by atoms with Crippen LogP contribution in [0.3, 0.4) is 0 Å². The van der Waals surface area contributed by atoms with Gasteiger partial charge in [0.25, 0.3) is 20.2 Å². The normalized spacial score (nSPS) is 12.2. The number of sulfone groups is 1. The summed E-state index contributed by atoms with van der Waals surface area (Å²) in [6, 6.07) is 15.7. The van der Waals surface area contributed by atoms with Crippen LogP contribution in [-0.2, 0) is 30.1 Å². The third-order valence-corrected chi connectivity index (χ3v) is 9.24. The standard InChI is InChI=1S/C26H21FO10S3/c1-16-3-10-22(21(13-16)17-4-6-18(27)7-5-17)37-24-12-9-20(15-26(24)40(33,34)35)38(28,29)19-8-11-23(36-2)25(14-19)39(30,31)32/h3-15H,1-2H3,(H,30,31,32)(H,33,34,35). The number of rotatable bonds is 8. The summed E-state index contributed by atoms with van der Waals surface area (Å²) in [4.78, 5) is -2.93. The summed E-state index contributed by atoms with van der Waals surface area (Å²) in [5.74, 6) is -1.07. The molecule has 210 valence electrons. The molecule has 14 heteroatoms. The largest absolute Gasteiger partial charge is 0.495 e. The monoisotopic (exact) mass is 608 g/mol. The molecule has 0 unspecified atom stereocenters. The van der Waals surface area contributed by atoms with E-state index in [1.165, 1.54) is 30.3 Å². The van der Waals surface area contributed by atoms with Crippen molar-refractivity contribution in [2.45, 2.75) is 26.5 Å². The van der Waals surface area contributed by atoms with Crippen LogP contribution in [0.5, 0.6) is 17.2 Å². The van der Waals surface area contributed by atoms with E-state index in [0.29, 0.717) is 23.3 Å². The molecule has 0 amide bonds. The minimum Gasteiger partial charge on any atom is -0.495 e. The van der Waals surface area contributed by atoms with Crippen LogP contribution >= 0.6 is 0 Å². The van der Waals surface area contributed by atoms with Gasteiger partial charge in [0.1, 0.15) is 32.9 Å². The second kappa shape index (κ2) is 10.6. The number of halogens is 1. The molecule has 0 saturated heterocycles. The van der Waals surface area contributed by atoms with E-state index < -0.39 is 61.2 Å². The second-order valence-corrected chi connectivity index (χ2v) is 13.2. The van der Waals surface area contributed by atoms with Crippen molar-refractivity contribution in [3.05, 3.63) is 90.2 Å². The van der Waals surface area contributed by atoms with Crippen LogP contribution < -0.4 is 9.47 Å². The molecular formula is C26H21FO10S3. The van der Waals surface area contributed by atoms with Crippen LogP contribution in [0.25, 0.3) is 11.1 Å². The summed E-state index contributed by atoms with van der Waals surface area (Å²) in [6.45, 7) is 1.80. The molecule has 0 aromatic heterocycles. The molecule has 10 nitrogen and oxygen atoms in total. The lowest BCUT2D eigenvalue weighted by molar-refractivity contribution is 0.397. The van der Waals surface area contributed by atoms with Gasteiger partial charge in [-0.15, -0.1) is 0 Å². The molecule has 0 radical (unpaired) electrons. The summed E-state index contributed by atoms with van der Waals surface area (Å²) >= 11 is 0. The second-order valence-electron chi connectivity index (χ2n) is 8.48. The Kier molecular flexibility index (Phi) is 7.75. The predicted molar refractivity (Wildman–Crippen MR) is 141 cm³/mol. The molecule has 4 aromatic rings. The van der Waals surface area contributed by atoms with Crippen molar-refractivity contribution in [1.29, 1.82) is 0 Å². The maximum Gasteiger partial charge on any atom is 0.298 e. The molecule has 0 spiro atoms. The maximum atomic E-state index is 13.5. The van der Waals surface area contributed by atoms with Crippen LogP contribution in [-0.4, -0.2) is 41.5 Å². The first-order valence-corrected chi connectivity index (χ1v) is 15.5. The first-order chi connectivity index (χ1) is 18.6. The topological polar surface area (TPSA) is 161 Å².